The van der Waals surface area contributed by atoms with Crippen LogP contribution in [0.25, 0.3) is 0 Å². The van der Waals surface area contributed by atoms with Gasteiger partial charge in [0.2, 0.25) is 5.91 Å². The number of unbranched alkanes of at least 4 members (excludes halogenated alkanes) is 1. The Bertz CT molecular complexity index is 673. The van der Waals surface area contributed by atoms with E-state index >= 15 is 0 Å². The summed E-state index contributed by atoms with van der Waals surface area (Å²) in [6.07, 6.45) is 1.60. The standard InChI is InChI=1S/C22H35N3O5/c1-5-29-20(27)18(15-16-11-7-6-8-12-16)25-19(26)17(23)13-9-10-14-24-21(28)30-22(2,3)4/h6-8,11-12,17-18H,5,9-10,13-15,23H2,1-4H3,(H,24,28)(H,25,26)/t17-,18-/m0/s1. The normalized spacial score (nSPS) is 13.1. The quantitative estimate of drug-likeness (QED) is 0.372. The van der Waals surface area contributed by atoms with Gasteiger partial charge in [-0.2, -0.15) is 0 Å². The fourth-order valence-electron chi connectivity index (χ4n) is 2.69. The summed E-state index contributed by atoms with van der Waals surface area (Å²) in [5.74, 6) is -0.882. The van der Waals surface area contributed by atoms with E-state index < -0.39 is 35.7 Å². The minimum atomic E-state index is -0.792. The molecular weight excluding hydrogens is 386 g/mol. The predicted octanol–water partition coefficient (Wildman–Crippen LogP) is 2.30. The van der Waals surface area contributed by atoms with Crippen LogP contribution in [0.1, 0.15) is 52.5 Å². The van der Waals surface area contributed by atoms with Gasteiger partial charge in [0.05, 0.1) is 12.6 Å². The highest BCUT2D eigenvalue weighted by molar-refractivity contribution is 5.87. The van der Waals surface area contributed by atoms with E-state index in [1.165, 1.54) is 0 Å². The van der Waals surface area contributed by atoms with Crippen molar-refractivity contribution >= 4 is 18.0 Å². The summed E-state index contributed by atoms with van der Waals surface area (Å²) in [4.78, 5) is 36.3. The van der Waals surface area contributed by atoms with E-state index in [1.54, 1.807) is 27.7 Å². The molecule has 0 aromatic heterocycles. The zero-order chi connectivity index (χ0) is 22.6. The first-order valence-electron chi connectivity index (χ1n) is 10.4. The third kappa shape index (κ3) is 10.8. The average Bonchev–Trinajstić information content (AvgIpc) is 2.66. The van der Waals surface area contributed by atoms with Crippen molar-refractivity contribution in [3.63, 3.8) is 0 Å². The number of ether oxygens (including phenoxy) is 2. The van der Waals surface area contributed by atoms with E-state index in [0.717, 1.165) is 5.56 Å². The van der Waals surface area contributed by atoms with Gasteiger partial charge in [0.1, 0.15) is 11.6 Å². The second-order valence-electron chi connectivity index (χ2n) is 8.03. The maximum Gasteiger partial charge on any atom is 0.407 e. The fourth-order valence-corrected chi connectivity index (χ4v) is 2.69. The molecule has 0 unspecified atom stereocenters. The van der Waals surface area contributed by atoms with E-state index in [0.29, 0.717) is 32.2 Å². The average molecular weight is 422 g/mol. The van der Waals surface area contributed by atoms with Gasteiger partial charge in [-0.05, 0) is 52.5 Å². The molecule has 8 nitrogen and oxygen atoms in total. The van der Waals surface area contributed by atoms with Crippen LogP contribution < -0.4 is 16.4 Å². The number of nitrogens with one attached hydrogen (secondary N) is 2. The Hall–Kier alpha value is -2.61. The molecule has 0 radical (unpaired) electrons. The number of amides is 2. The van der Waals surface area contributed by atoms with Gasteiger partial charge in [0.25, 0.3) is 0 Å². The van der Waals surface area contributed by atoms with Crippen LogP contribution >= 0.6 is 0 Å². The molecule has 0 aliphatic carbocycles. The van der Waals surface area contributed by atoms with Crippen molar-refractivity contribution in [1.29, 1.82) is 0 Å². The second kappa shape index (κ2) is 12.8. The number of rotatable bonds is 11. The Morgan fingerprint density at radius 1 is 1.10 bits per heavy atom. The molecule has 1 aromatic rings. The molecule has 0 aliphatic heterocycles. The smallest absolute Gasteiger partial charge is 0.407 e. The Kier molecular flexibility index (Phi) is 10.9. The zero-order valence-electron chi connectivity index (χ0n) is 18.4. The highest BCUT2D eigenvalue weighted by Gasteiger charge is 2.25. The third-order valence-corrected chi connectivity index (χ3v) is 4.12. The molecule has 0 spiro atoms. The number of benzene rings is 1. The van der Waals surface area contributed by atoms with Gasteiger partial charge in [0, 0.05) is 13.0 Å². The molecule has 30 heavy (non-hydrogen) atoms. The zero-order valence-corrected chi connectivity index (χ0v) is 18.4. The van der Waals surface area contributed by atoms with Gasteiger partial charge in [-0.3, -0.25) is 4.79 Å². The molecule has 4 N–H and O–H groups in total. The Morgan fingerprint density at radius 2 is 1.77 bits per heavy atom. The molecule has 0 saturated carbocycles. The summed E-state index contributed by atoms with van der Waals surface area (Å²) in [5.41, 5.74) is 6.35. The lowest BCUT2D eigenvalue weighted by atomic mass is 10.0. The molecule has 0 aliphatic rings. The van der Waals surface area contributed by atoms with E-state index in [4.69, 9.17) is 15.2 Å². The minimum Gasteiger partial charge on any atom is -0.464 e. The number of esters is 1. The van der Waals surface area contributed by atoms with Gasteiger partial charge in [-0.25, -0.2) is 9.59 Å². The highest BCUT2D eigenvalue weighted by atomic mass is 16.6. The summed E-state index contributed by atoms with van der Waals surface area (Å²) in [6, 6.07) is 7.85. The van der Waals surface area contributed by atoms with E-state index in [-0.39, 0.29) is 6.61 Å². The summed E-state index contributed by atoms with van der Waals surface area (Å²) >= 11 is 0. The predicted molar refractivity (Wildman–Crippen MR) is 115 cm³/mol. The summed E-state index contributed by atoms with van der Waals surface area (Å²) < 4.78 is 10.2. The Labute approximate surface area is 178 Å². The molecule has 2 amide bonds. The minimum absolute atomic E-state index is 0.233. The molecule has 2 atom stereocenters. The summed E-state index contributed by atoms with van der Waals surface area (Å²) in [7, 11) is 0. The maximum absolute atomic E-state index is 12.4. The lowest BCUT2D eigenvalue weighted by Crippen LogP contribution is -2.49. The SMILES string of the molecule is CCOC(=O)[C@H](Cc1ccccc1)NC(=O)[C@@H](N)CCCCNC(=O)OC(C)(C)C. The molecule has 168 valence electrons. The number of nitrogens with two attached hydrogens (primary N) is 1. The first-order chi connectivity index (χ1) is 14.1. The van der Waals surface area contributed by atoms with Crippen molar-refractivity contribution in [2.75, 3.05) is 13.2 Å². The second-order valence-corrected chi connectivity index (χ2v) is 8.03. The Morgan fingerprint density at radius 3 is 2.37 bits per heavy atom. The van der Waals surface area contributed by atoms with Crippen molar-refractivity contribution in [3.05, 3.63) is 35.9 Å². The monoisotopic (exact) mass is 421 g/mol. The Balaban J connectivity index is 2.43. The van der Waals surface area contributed by atoms with E-state index in [1.807, 2.05) is 30.3 Å². The van der Waals surface area contributed by atoms with Crippen LogP contribution in [0, 0.1) is 0 Å². The van der Waals surface area contributed by atoms with Gasteiger partial charge >= 0.3 is 12.1 Å². The van der Waals surface area contributed by atoms with E-state index in [2.05, 4.69) is 10.6 Å². The van der Waals surface area contributed by atoms with Crippen molar-refractivity contribution in [3.8, 4) is 0 Å². The van der Waals surface area contributed by atoms with Crippen molar-refractivity contribution in [1.82, 2.24) is 10.6 Å². The molecular formula is C22H35N3O5. The number of hydrogen-bond acceptors (Lipinski definition) is 6. The van der Waals surface area contributed by atoms with Crippen LogP contribution in [-0.2, 0) is 25.5 Å². The van der Waals surface area contributed by atoms with Gasteiger partial charge < -0.3 is 25.8 Å². The third-order valence-electron chi connectivity index (χ3n) is 4.12. The maximum atomic E-state index is 12.4. The lowest BCUT2D eigenvalue weighted by molar-refractivity contribution is -0.147. The summed E-state index contributed by atoms with van der Waals surface area (Å²) in [5, 5.41) is 5.37. The molecule has 0 fully saturated rings. The van der Waals surface area contributed by atoms with Crippen molar-refractivity contribution < 1.29 is 23.9 Å². The van der Waals surface area contributed by atoms with Crippen LogP contribution in [0.5, 0.6) is 0 Å². The highest BCUT2D eigenvalue weighted by Crippen LogP contribution is 2.08. The van der Waals surface area contributed by atoms with Gasteiger partial charge in [-0.1, -0.05) is 30.3 Å². The first-order valence-corrected chi connectivity index (χ1v) is 10.4. The molecule has 1 rings (SSSR count). The fraction of sp³-hybridized carbons (Fsp3) is 0.591. The van der Waals surface area contributed by atoms with Gasteiger partial charge in [0.15, 0.2) is 0 Å². The van der Waals surface area contributed by atoms with E-state index in [9.17, 15) is 14.4 Å². The van der Waals surface area contributed by atoms with Crippen LogP contribution in [0.15, 0.2) is 30.3 Å². The lowest BCUT2D eigenvalue weighted by Gasteiger charge is -2.20. The number of hydrogen-bond donors (Lipinski definition) is 3. The number of alkyl carbamates (subject to hydrolysis) is 1. The van der Waals surface area contributed by atoms with Crippen LogP contribution in [0.2, 0.25) is 0 Å². The van der Waals surface area contributed by atoms with Crippen LogP contribution in [0.4, 0.5) is 4.79 Å². The van der Waals surface area contributed by atoms with Crippen molar-refractivity contribution in [2.24, 2.45) is 5.73 Å². The van der Waals surface area contributed by atoms with Crippen molar-refractivity contribution in [2.45, 2.75) is 71.1 Å². The largest absolute Gasteiger partial charge is 0.464 e. The van der Waals surface area contributed by atoms with Crippen LogP contribution in [-0.4, -0.2) is 48.8 Å². The molecule has 0 saturated heterocycles. The first kappa shape index (κ1) is 25.4. The van der Waals surface area contributed by atoms with Gasteiger partial charge in [-0.15, -0.1) is 0 Å². The summed E-state index contributed by atoms with van der Waals surface area (Å²) in [6.45, 7) is 7.78. The molecule has 0 heterocycles. The molecule has 8 heteroatoms. The topological polar surface area (TPSA) is 120 Å². The number of carbonyl (C=O) groups excluding carboxylic acids is 3. The molecule has 1 aromatic carbocycles. The van der Waals surface area contributed by atoms with Crippen LogP contribution in [0.3, 0.4) is 0 Å². The number of carbonyl (C=O) groups is 3. The molecule has 0 bridgehead atoms.